The molecule has 132 valence electrons. The van der Waals surface area contributed by atoms with E-state index in [4.69, 9.17) is 18.0 Å². The van der Waals surface area contributed by atoms with Crippen LogP contribution in [0.1, 0.15) is 18.2 Å². The molecule has 0 fully saturated rings. The minimum absolute atomic E-state index is 0.201. The van der Waals surface area contributed by atoms with Gasteiger partial charge >= 0.3 is 6.03 Å². The molecule has 0 aliphatic rings. The molecule has 0 aliphatic carbocycles. The monoisotopic (exact) mass is 384 g/mol. The van der Waals surface area contributed by atoms with Crippen LogP contribution in [0.25, 0.3) is 10.6 Å². The zero-order valence-corrected chi connectivity index (χ0v) is 15.5. The summed E-state index contributed by atoms with van der Waals surface area (Å²) in [5, 5.41) is 7.91. The molecule has 7 nitrogen and oxygen atoms in total. The van der Waals surface area contributed by atoms with Gasteiger partial charge in [-0.3, -0.25) is 15.6 Å². The third-order valence-corrected chi connectivity index (χ3v) is 4.59. The van der Waals surface area contributed by atoms with Crippen molar-refractivity contribution in [2.24, 2.45) is 5.73 Å². The van der Waals surface area contributed by atoms with E-state index in [1.165, 1.54) is 11.3 Å². The van der Waals surface area contributed by atoms with Crippen LogP contribution in [0.4, 0.5) is 16.4 Å². The average molecular weight is 384 g/mol. The van der Waals surface area contributed by atoms with Crippen LogP contribution in [-0.2, 0) is 6.42 Å². The van der Waals surface area contributed by atoms with E-state index in [0.717, 1.165) is 22.6 Å². The summed E-state index contributed by atoms with van der Waals surface area (Å²) < 4.78 is 0. The highest BCUT2D eigenvalue weighted by Gasteiger charge is 2.11. The summed E-state index contributed by atoms with van der Waals surface area (Å²) in [5.74, 6) is 0.825. The predicted molar refractivity (Wildman–Crippen MR) is 107 cm³/mol. The van der Waals surface area contributed by atoms with Gasteiger partial charge in [0.05, 0.1) is 0 Å². The first-order valence-corrected chi connectivity index (χ1v) is 9.09. The molecule has 0 spiro atoms. The zero-order chi connectivity index (χ0) is 18.5. The smallest absolute Gasteiger partial charge is 0.326 e. The maximum absolute atomic E-state index is 12.2. The lowest BCUT2D eigenvalue weighted by Crippen LogP contribution is -2.22. The standard InChI is InChI=1S/C17H16N6OS2/c1-2-10-3-4-12(20-14(10)15(18)25)22-17(24)23-13-9-26-16(21-13)11-5-7-19-8-6-11/h3-9H,2H2,1H3,(H2,18,25)(H2,20,22,23,24). The van der Waals surface area contributed by atoms with Crippen molar-refractivity contribution in [3.05, 3.63) is 53.3 Å². The van der Waals surface area contributed by atoms with Crippen LogP contribution >= 0.6 is 23.6 Å². The molecule has 0 aliphatic heterocycles. The number of rotatable bonds is 5. The molecule has 3 heterocycles. The van der Waals surface area contributed by atoms with Crippen molar-refractivity contribution in [2.75, 3.05) is 10.6 Å². The van der Waals surface area contributed by atoms with Crippen molar-refractivity contribution in [1.82, 2.24) is 15.0 Å². The van der Waals surface area contributed by atoms with Crippen LogP contribution in [0.3, 0.4) is 0 Å². The molecule has 0 atom stereocenters. The van der Waals surface area contributed by atoms with E-state index in [-0.39, 0.29) is 4.99 Å². The quantitative estimate of drug-likeness (QED) is 0.582. The summed E-state index contributed by atoms with van der Waals surface area (Å²) in [5.41, 5.74) is 8.10. The SMILES string of the molecule is CCc1ccc(NC(=O)Nc2csc(-c3ccncc3)n2)nc1C(N)=S. The molecular weight excluding hydrogens is 368 g/mol. The van der Waals surface area contributed by atoms with Crippen LogP contribution in [0.2, 0.25) is 0 Å². The topological polar surface area (TPSA) is 106 Å². The van der Waals surface area contributed by atoms with Crippen molar-refractivity contribution < 1.29 is 4.79 Å². The number of anilines is 2. The Morgan fingerprint density at radius 1 is 1.15 bits per heavy atom. The summed E-state index contributed by atoms with van der Waals surface area (Å²) in [6.45, 7) is 1.99. The van der Waals surface area contributed by atoms with Gasteiger partial charge in [-0.2, -0.15) is 0 Å². The van der Waals surface area contributed by atoms with Gasteiger partial charge in [0, 0.05) is 23.3 Å². The second-order valence-corrected chi connectivity index (χ2v) is 6.57. The Hall–Kier alpha value is -2.91. The third-order valence-electron chi connectivity index (χ3n) is 3.51. The molecule has 0 unspecified atom stereocenters. The Labute approximate surface area is 159 Å². The largest absolute Gasteiger partial charge is 0.388 e. The molecule has 0 saturated heterocycles. The summed E-state index contributed by atoms with van der Waals surface area (Å²) in [7, 11) is 0. The molecule has 26 heavy (non-hydrogen) atoms. The minimum atomic E-state index is -0.442. The molecule has 0 saturated carbocycles. The molecule has 0 radical (unpaired) electrons. The third kappa shape index (κ3) is 4.19. The predicted octanol–water partition coefficient (Wildman–Crippen LogP) is 3.44. The first-order valence-electron chi connectivity index (χ1n) is 7.80. The molecular formula is C17H16N6OS2. The second kappa shape index (κ2) is 7.98. The van der Waals surface area contributed by atoms with E-state index >= 15 is 0 Å². The van der Waals surface area contributed by atoms with Crippen LogP contribution in [0, 0.1) is 0 Å². The Kier molecular flexibility index (Phi) is 5.49. The molecule has 0 bridgehead atoms. The molecule has 3 aromatic heterocycles. The number of thiocarbonyl (C=S) groups is 1. The second-order valence-electron chi connectivity index (χ2n) is 5.27. The number of nitrogens with zero attached hydrogens (tertiary/aromatic N) is 3. The van der Waals surface area contributed by atoms with Gasteiger partial charge in [0.25, 0.3) is 0 Å². The number of hydrogen-bond acceptors (Lipinski definition) is 6. The van der Waals surface area contributed by atoms with Crippen molar-refractivity contribution in [2.45, 2.75) is 13.3 Å². The lowest BCUT2D eigenvalue weighted by atomic mass is 10.1. The lowest BCUT2D eigenvalue weighted by molar-refractivity contribution is 0.262. The Morgan fingerprint density at radius 2 is 1.88 bits per heavy atom. The molecule has 3 rings (SSSR count). The summed E-state index contributed by atoms with van der Waals surface area (Å²) >= 11 is 6.45. The van der Waals surface area contributed by atoms with Gasteiger partial charge in [-0.05, 0) is 30.2 Å². The molecule has 4 N–H and O–H groups in total. The van der Waals surface area contributed by atoms with E-state index in [0.29, 0.717) is 17.3 Å². The number of carbonyl (C=O) groups excluding carboxylic acids is 1. The van der Waals surface area contributed by atoms with Gasteiger partial charge in [0.15, 0.2) is 0 Å². The number of nitrogens with one attached hydrogen (secondary N) is 2. The van der Waals surface area contributed by atoms with Gasteiger partial charge in [0.2, 0.25) is 0 Å². The Morgan fingerprint density at radius 3 is 2.58 bits per heavy atom. The zero-order valence-electron chi connectivity index (χ0n) is 13.9. The molecule has 2 amide bonds. The Balaban J connectivity index is 1.69. The highest BCUT2D eigenvalue weighted by molar-refractivity contribution is 7.80. The number of nitrogens with two attached hydrogens (primary N) is 1. The van der Waals surface area contributed by atoms with Gasteiger partial charge in [0.1, 0.15) is 27.3 Å². The summed E-state index contributed by atoms with van der Waals surface area (Å²) in [6, 6.07) is 6.84. The van der Waals surface area contributed by atoms with Crippen LogP contribution in [-0.4, -0.2) is 26.0 Å². The number of thiazole rings is 1. The highest BCUT2D eigenvalue weighted by atomic mass is 32.1. The minimum Gasteiger partial charge on any atom is -0.388 e. The van der Waals surface area contributed by atoms with Crippen molar-refractivity contribution in [3.63, 3.8) is 0 Å². The average Bonchev–Trinajstić information content (AvgIpc) is 3.10. The fourth-order valence-electron chi connectivity index (χ4n) is 2.28. The van der Waals surface area contributed by atoms with Gasteiger partial charge in [-0.15, -0.1) is 11.3 Å². The number of hydrogen-bond donors (Lipinski definition) is 3. The number of urea groups is 1. The van der Waals surface area contributed by atoms with Gasteiger partial charge in [-0.25, -0.2) is 14.8 Å². The van der Waals surface area contributed by atoms with Crippen molar-refractivity contribution in [3.8, 4) is 10.6 Å². The molecule has 3 aromatic rings. The van der Waals surface area contributed by atoms with E-state index < -0.39 is 6.03 Å². The number of pyridine rings is 2. The lowest BCUT2D eigenvalue weighted by Gasteiger charge is -2.09. The number of aryl methyl sites for hydroxylation is 1. The maximum Gasteiger partial charge on any atom is 0.326 e. The molecule has 9 heteroatoms. The van der Waals surface area contributed by atoms with Gasteiger partial charge in [-0.1, -0.05) is 25.2 Å². The van der Waals surface area contributed by atoms with E-state index in [2.05, 4.69) is 25.6 Å². The fraction of sp³-hybridized carbons (Fsp3) is 0.118. The number of amides is 2. The summed E-state index contributed by atoms with van der Waals surface area (Å²) in [6.07, 6.45) is 4.14. The Bertz CT molecular complexity index is 941. The number of aromatic nitrogens is 3. The van der Waals surface area contributed by atoms with E-state index in [1.807, 2.05) is 25.1 Å². The van der Waals surface area contributed by atoms with Crippen LogP contribution < -0.4 is 16.4 Å². The van der Waals surface area contributed by atoms with Crippen LogP contribution in [0.5, 0.6) is 0 Å². The van der Waals surface area contributed by atoms with E-state index in [9.17, 15) is 4.79 Å². The van der Waals surface area contributed by atoms with Crippen LogP contribution in [0.15, 0.2) is 42.0 Å². The first kappa shape index (κ1) is 17.9. The normalized spacial score (nSPS) is 10.3. The maximum atomic E-state index is 12.2. The fourth-order valence-corrected chi connectivity index (χ4v) is 3.21. The molecule has 0 aromatic carbocycles. The highest BCUT2D eigenvalue weighted by Crippen LogP contribution is 2.25. The summed E-state index contributed by atoms with van der Waals surface area (Å²) in [4.78, 5) is 25.1. The first-order chi connectivity index (χ1) is 12.6. The van der Waals surface area contributed by atoms with E-state index in [1.54, 1.807) is 23.8 Å². The van der Waals surface area contributed by atoms with Gasteiger partial charge < -0.3 is 5.73 Å². The van der Waals surface area contributed by atoms with Crippen molar-refractivity contribution in [1.29, 1.82) is 0 Å². The number of carbonyl (C=O) groups is 1. The van der Waals surface area contributed by atoms with Crippen molar-refractivity contribution >= 4 is 46.2 Å².